The lowest BCUT2D eigenvalue weighted by Crippen LogP contribution is -2.06. The number of rotatable bonds is 5. The summed E-state index contributed by atoms with van der Waals surface area (Å²) in [6.45, 7) is 3.98. The van der Waals surface area contributed by atoms with Crippen molar-refractivity contribution in [3.8, 4) is 5.75 Å². The van der Waals surface area contributed by atoms with Gasteiger partial charge in [-0.3, -0.25) is 0 Å². The minimum atomic E-state index is -0.556. The van der Waals surface area contributed by atoms with Crippen molar-refractivity contribution in [1.29, 1.82) is 0 Å². The SMILES string of the molecule is C=CCOc1ccccc1/C=C1\N=C(c2ccc(Cl)cc2Cl)OC1=O. The second-order valence-electron chi connectivity index (χ2n) is 5.10. The third-order valence-corrected chi connectivity index (χ3v) is 3.90. The molecule has 0 fully saturated rings. The van der Waals surface area contributed by atoms with E-state index in [0.717, 1.165) is 0 Å². The Bertz CT molecular complexity index is 903. The first kappa shape index (κ1) is 17.3. The standard InChI is InChI=1S/C19H13Cl2NO3/c1-2-9-24-17-6-4-3-5-12(17)10-16-19(23)25-18(22-16)14-8-7-13(20)11-15(14)21/h2-8,10-11H,1,9H2/b16-10-. The number of carbonyl (C=O) groups is 1. The first-order chi connectivity index (χ1) is 12.1. The minimum absolute atomic E-state index is 0.141. The molecule has 4 nitrogen and oxygen atoms in total. The number of cyclic esters (lactones) is 1. The Hall–Kier alpha value is -2.56. The molecule has 6 heteroatoms. The van der Waals surface area contributed by atoms with E-state index in [9.17, 15) is 4.79 Å². The molecule has 0 saturated heterocycles. The molecule has 1 aliphatic heterocycles. The number of esters is 1. The van der Waals surface area contributed by atoms with Crippen molar-refractivity contribution in [1.82, 2.24) is 0 Å². The van der Waals surface area contributed by atoms with Gasteiger partial charge in [-0.1, -0.05) is 54.1 Å². The quantitative estimate of drug-likeness (QED) is 0.425. The molecule has 0 spiro atoms. The van der Waals surface area contributed by atoms with Crippen molar-refractivity contribution in [2.75, 3.05) is 6.61 Å². The molecule has 0 bridgehead atoms. The molecule has 0 aliphatic carbocycles. The number of aliphatic imine (C=N–C) groups is 1. The summed E-state index contributed by atoms with van der Waals surface area (Å²) in [7, 11) is 0. The average molecular weight is 374 g/mol. The number of hydrogen-bond acceptors (Lipinski definition) is 4. The molecule has 126 valence electrons. The van der Waals surface area contributed by atoms with Crippen LogP contribution in [0.4, 0.5) is 0 Å². The number of halogens is 2. The van der Waals surface area contributed by atoms with Crippen LogP contribution in [-0.4, -0.2) is 18.5 Å². The topological polar surface area (TPSA) is 47.9 Å². The molecule has 1 aliphatic rings. The van der Waals surface area contributed by atoms with Crippen LogP contribution in [0.2, 0.25) is 10.0 Å². The lowest BCUT2D eigenvalue weighted by atomic mass is 10.1. The van der Waals surface area contributed by atoms with E-state index in [0.29, 0.717) is 33.5 Å². The fourth-order valence-corrected chi connectivity index (χ4v) is 2.70. The summed E-state index contributed by atoms with van der Waals surface area (Å²) in [5, 5.41) is 0.845. The zero-order valence-electron chi connectivity index (χ0n) is 13.0. The van der Waals surface area contributed by atoms with E-state index in [4.69, 9.17) is 32.7 Å². The van der Waals surface area contributed by atoms with E-state index in [2.05, 4.69) is 11.6 Å². The molecule has 3 rings (SSSR count). The second kappa shape index (κ2) is 7.55. The highest BCUT2D eigenvalue weighted by Gasteiger charge is 2.26. The molecule has 0 radical (unpaired) electrons. The Morgan fingerprint density at radius 2 is 2.00 bits per heavy atom. The van der Waals surface area contributed by atoms with Crippen LogP contribution in [0.3, 0.4) is 0 Å². The predicted molar refractivity (Wildman–Crippen MR) is 99.2 cm³/mol. The van der Waals surface area contributed by atoms with Gasteiger partial charge < -0.3 is 9.47 Å². The van der Waals surface area contributed by atoms with Crippen LogP contribution < -0.4 is 4.74 Å². The van der Waals surface area contributed by atoms with Gasteiger partial charge in [-0.15, -0.1) is 0 Å². The van der Waals surface area contributed by atoms with Gasteiger partial charge in [0.1, 0.15) is 12.4 Å². The molecule has 1 heterocycles. The average Bonchev–Trinajstić information content (AvgIpc) is 2.94. The minimum Gasteiger partial charge on any atom is -0.489 e. The highest BCUT2D eigenvalue weighted by atomic mass is 35.5. The molecule has 0 amide bonds. The lowest BCUT2D eigenvalue weighted by molar-refractivity contribution is -0.129. The highest BCUT2D eigenvalue weighted by Crippen LogP contribution is 2.28. The van der Waals surface area contributed by atoms with Gasteiger partial charge in [0.05, 0.1) is 10.6 Å². The monoisotopic (exact) mass is 373 g/mol. The van der Waals surface area contributed by atoms with Crippen LogP contribution >= 0.6 is 23.2 Å². The Balaban J connectivity index is 1.95. The van der Waals surface area contributed by atoms with Gasteiger partial charge in [0.25, 0.3) is 0 Å². The molecule has 0 atom stereocenters. The molecule has 2 aromatic rings. The summed E-state index contributed by atoms with van der Waals surface area (Å²) in [6, 6.07) is 12.2. The van der Waals surface area contributed by atoms with Crippen molar-refractivity contribution in [3.05, 3.63) is 82.0 Å². The van der Waals surface area contributed by atoms with Gasteiger partial charge in [0, 0.05) is 10.6 Å². The van der Waals surface area contributed by atoms with Crippen LogP contribution in [0, 0.1) is 0 Å². The highest BCUT2D eigenvalue weighted by molar-refractivity contribution is 6.37. The third kappa shape index (κ3) is 3.92. The maximum Gasteiger partial charge on any atom is 0.363 e. The fraction of sp³-hybridized carbons (Fsp3) is 0.0526. The number of carbonyl (C=O) groups excluding carboxylic acids is 1. The van der Waals surface area contributed by atoms with E-state index in [1.165, 1.54) is 0 Å². The Morgan fingerprint density at radius 3 is 2.76 bits per heavy atom. The molecular formula is C19H13Cl2NO3. The van der Waals surface area contributed by atoms with E-state index >= 15 is 0 Å². The largest absolute Gasteiger partial charge is 0.489 e. The van der Waals surface area contributed by atoms with Crippen molar-refractivity contribution < 1.29 is 14.3 Å². The predicted octanol–water partition coefficient (Wildman–Crippen LogP) is 4.90. The number of nitrogens with zero attached hydrogens (tertiary/aromatic N) is 1. The van der Waals surface area contributed by atoms with Crippen molar-refractivity contribution in [2.24, 2.45) is 4.99 Å². The summed E-state index contributed by atoms with van der Waals surface area (Å²) in [4.78, 5) is 16.4. The van der Waals surface area contributed by atoms with E-state index < -0.39 is 5.97 Å². The summed E-state index contributed by atoms with van der Waals surface area (Å²) in [6.07, 6.45) is 3.25. The Morgan fingerprint density at radius 1 is 1.20 bits per heavy atom. The number of benzene rings is 2. The number of ether oxygens (including phenoxy) is 2. The van der Waals surface area contributed by atoms with Crippen LogP contribution in [0.1, 0.15) is 11.1 Å². The second-order valence-corrected chi connectivity index (χ2v) is 5.94. The van der Waals surface area contributed by atoms with E-state index in [1.54, 1.807) is 36.4 Å². The van der Waals surface area contributed by atoms with Gasteiger partial charge in [-0.25, -0.2) is 9.79 Å². The number of para-hydroxylation sites is 1. The molecule has 25 heavy (non-hydrogen) atoms. The summed E-state index contributed by atoms with van der Waals surface area (Å²) in [5.41, 5.74) is 1.37. The lowest BCUT2D eigenvalue weighted by Gasteiger charge is -2.06. The normalized spacial score (nSPS) is 15.0. The van der Waals surface area contributed by atoms with Crippen molar-refractivity contribution in [3.63, 3.8) is 0 Å². The van der Waals surface area contributed by atoms with E-state index in [-0.39, 0.29) is 11.6 Å². The molecule has 0 saturated carbocycles. The molecule has 2 aromatic carbocycles. The molecule has 0 aromatic heterocycles. The van der Waals surface area contributed by atoms with Gasteiger partial charge in [-0.2, -0.15) is 0 Å². The van der Waals surface area contributed by atoms with Crippen LogP contribution in [0.25, 0.3) is 6.08 Å². The zero-order chi connectivity index (χ0) is 17.8. The van der Waals surface area contributed by atoms with Crippen LogP contribution in [0.15, 0.2) is 65.8 Å². The number of hydrogen-bond donors (Lipinski definition) is 0. The smallest absolute Gasteiger partial charge is 0.363 e. The fourth-order valence-electron chi connectivity index (χ4n) is 2.21. The van der Waals surface area contributed by atoms with Crippen molar-refractivity contribution >= 4 is 41.1 Å². The zero-order valence-corrected chi connectivity index (χ0v) is 14.6. The van der Waals surface area contributed by atoms with E-state index in [1.807, 2.05) is 18.2 Å². The van der Waals surface area contributed by atoms with Gasteiger partial charge in [0.2, 0.25) is 5.90 Å². The Kier molecular flexibility index (Phi) is 5.22. The first-order valence-electron chi connectivity index (χ1n) is 7.39. The molecule has 0 unspecified atom stereocenters. The molecule has 0 N–H and O–H groups in total. The van der Waals surface area contributed by atoms with Crippen LogP contribution in [-0.2, 0) is 9.53 Å². The maximum absolute atomic E-state index is 12.1. The third-order valence-electron chi connectivity index (χ3n) is 3.35. The summed E-state index contributed by atoms with van der Waals surface area (Å²) < 4.78 is 10.8. The summed E-state index contributed by atoms with van der Waals surface area (Å²) in [5.74, 6) is 0.206. The van der Waals surface area contributed by atoms with Gasteiger partial charge >= 0.3 is 5.97 Å². The summed E-state index contributed by atoms with van der Waals surface area (Å²) >= 11 is 12.0. The Labute approximate surface area is 155 Å². The first-order valence-corrected chi connectivity index (χ1v) is 8.15. The maximum atomic E-state index is 12.1. The molecular weight excluding hydrogens is 361 g/mol. The van der Waals surface area contributed by atoms with Crippen molar-refractivity contribution in [2.45, 2.75) is 0 Å². The van der Waals surface area contributed by atoms with Gasteiger partial charge in [-0.05, 0) is 30.3 Å². The van der Waals surface area contributed by atoms with Crippen LogP contribution in [0.5, 0.6) is 5.75 Å². The van der Waals surface area contributed by atoms with Gasteiger partial charge in [0.15, 0.2) is 5.70 Å².